The van der Waals surface area contributed by atoms with Gasteiger partial charge in [-0.1, -0.05) is 18.2 Å². The second-order valence-corrected chi connectivity index (χ2v) is 6.37. The number of rotatable bonds is 1. The largest absolute Gasteiger partial charge is 0.478 e. The van der Waals surface area contributed by atoms with Crippen molar-refractivity contribution in [1.82, 2.24) is 0 Å². The number of hydrogen-bond acceptors (Lipinski definition) is 4. The molecule has 0 atom stereocenters. The highest BCUT2D eigenvalue weighted by molar-refractivity contribution is 7.91. The van der Waals surface area contributed by atoms with E-state index < -0.39 is 15.8 Å². The van der Waals surface area contributed by atoms with E-state index in [4.69, 9.17) is 5.11 Å². The van der Waals surface area contributed by atoms with Crippen LogP contribution in [0.2, 0.25) is 0 Å². The first kappa shape index (κ1) is 15.0. The summed E-state index contributed by atoms with van der Waals surface area (Å²) in [6, 6.07) is 10.7. The van der Waals surface area contributed by atoms with Crippen LogP contribution in [0, 0.1) is 0 Å². The molecule has 0 aromatic heterocycles. The topological polar surface area (TPSA) is 115 Å². The van der Waals surface area contributed by atoms with Crippen LogP contribution in [-0.2, 0) is 16.4 Å². The molecule has 1 aliphatic rings. The molecule has 4 N–H and O–H groups in total. The third-order valence-electron chi connectivity index (χ3n) is 3.25. The van der Waals surface area contributed by atoms with Crippen LogP contribution in [0.1, 0.15) is 15.9 Å². The molecule has 3 rings (SSSR count). The van der Waals surface area contributed by atoms with Crippen molar-refractivity contribution in [3.05, 3.63) is 53.6 Å². The number of nitrogens with one attached hydrogen (secondary N) is 1. The molecule has 0 spiro atoms. The number of sulfone groups is 1. The molecule has 21 heavy (non-hydrogen) atoms. The first-order valence-electron chi connectivity index (χ1n) is 5.94. The lowest BCUT2D eigenvalue weighted by atomic mass is 10.2. The van der Waals surface area contributed by atoms with Gasteiger partial charge in [0.15, 0.2) is 0 Å². The molecule has 0 amide bonds. The third-order valence-corrected chi connectivity index (χ3v) is 5.16. The Hall–Kier alpha value is -2.38. The summed E-state index contributed by atoms with van der Waals surface area (Å²) in [7, 11) is -3.64. The Bertz CT molecular complexity index is 814. The lowest BCUT2D eigenvalue weighted by Crippen LogP contribution is -2.05. The van der Waals surface area contributed by atoms with Crippen LogP contribution in [-0.4, -0.2) is 25.0 Å². The summed E-state index contributed by atoms with van der Waals surface area (Å²) in [5.41, 5.74) is 1.04. The number of aromatic carboxylic acids is 1. The fourth-order valence-electron chi connectivity index (χ4n) is 2.26. The molecule has 0 bridgehead atoms. The van der Waals surface area contributed by atoms with Crippen LogP contribution in [0.4, 0.5) is 5.69 Å². The van der Waals surface area contributed by atoms with E-state index in [1.165, 1.54) is 18.2 Å². The van der Waals surface area contributed by atoms with Gasteiger partial charge < -0.3 is 15.9 Å². The van der Waals surface area contributed by atoms with Gasteiger partial charge in [0, 0.05) is 6.54 Å². The summed E-state index contributed by atoms with van der Waals surface area (Å²) in [5, 5.41) is 12.0. The highest BCUT2D eigenvalue weighted by atomic mass is 32.2. The molecular weight excluding hydrogens is 294 g/mol. The second kappa shape index (κ2) is 5.19. The molecule has 0 saturated carbocycles. The lowest BCUT2D eigenvalue weighted by molar-refractivity contribution is 0.0697. The van der Waals surface area contributed by atoms with Gasteiger partial charge in [0.05, 0.1) is 21.0 Å². The minimum atomic E-state index is -3.64. The van der Waals surface area contributed by atoms with E-state index in [-0.39, 0.29) is 20.8 Å². The maximum Gasteiger partial charge on any atom is 0.335 e. The Kier molecular flexibility index (Phi) is 3.71. The van der Waals surface area contributed by atoms with Crippen molar-refractivity contribution in [2.75, 3.05) is 5.32 Å². The highest BCUT2D eigenvalue weighted by Crippen LogP contribution is 2.33. The van der Waals surface area contributed by atoms with Crippen LogP contribution in [0.3, 0.4) is 0 Å². The molecular formula is C14H13NO5S. The van der Waals surface area contributed by atoms with Crippen molar-refractivity contribution in [3.63, 3.8) is 0 Å². The number of hydrogen-bond donors (Lipinski definition) is 2. The number of fused-ring (bicyclic) bond motifs is 2. The summed E-state index contributed by atoms with van der Waals surface area (Å²) < 4.78 is 25.2. The van der Waals surface area contributed by atoms with Gasteiger partial charge in [0.25, 0.3) is 0 Å². The van der Waals surface area contributed by atoms with E-state index >= 15 is 0 Å². The van der Waals surface area contributed by atoms with Gasteiger partial charge in [-0.05, 0) is 29.8 Å². The summed E-state index contributed by atoms with van der Waals surface area (Å²) in [4.78, 5) is 11.3. The fraction of sp³-hybridized carbons (Fsp3) is 0.0714. The predicted octanol–water partition coefficient (Wildman–Crippen LogP) is 1.32. The van der Waals surface area contributed by atoms with Crippen LogP contribution in [0.25, 0.3) is 0 Å². The van der Waals surface area contributed by atoms with Gasteiger partial charge in [0.2, 0.25) is 9.84 Å². The van der Waals surface area contributed by atoms with E-state index in [1.807, 2.05) is 0 Å². The van der Waals surface area contributed by atoms with E-state index in [0.29, 0.717) is 17.8 Å². The van der Waals surface area contributed by atoms with Gasteiger partial charge in [0.1, 0.15) is 0 Å². The first-order chi connectivity index (χ1) is 9.50. The number of anilines is 1. The van der Waals surface area contributed by atoms with Crippen LogP contribution < -0.4 is 5.32 Å². The van der Waals surface area contributed by atoms with Crippen molar-refractivity contribution in [3.8, 4) is 0 Å². The fourth-order valence-corrected chi connectivity index (χ4v) is 3.90. The average molecular weight is 307 g/mol. The zero-order valence-corrected chi connectivity index (χ0v) is 11.6. The highest BCUT2D eigenvalue weighted by Gasteiger charge is 2.27. The summed E-state index contributed by atoms with van der Waals surface area (Å²) in [6.45, 7) is 0.339. The molecule has 1 heterocycles. The average Bonchev–Trinajstić information content (AvgIpc) is 2.55. The van der Waals surface area contributed by atoms with Crippen molar-refractivity contribution in [2.24, 2.45) is 0 Å². The third kappa shape index (κ3) is 2.37. The molecule has 6 nitrogen and oxygen atoms in total. The number of carboxylic acid groups (broad SMARTS) is 1. The van der Waals surface area contributed by atoms with Crippen LogP contribution in [0.5, 0.6) is 0 Å². The smallest absolute Gasteiger partial charge is 0.335 e. The zero-order valence-electron chi connectivity index (χ0n) is 10.8. The quantitative estimate of drug-likeness (QED) is 0.824. The Morgan fingerprint density at radius 1 is 1.10 bits per heavy atom. The Morgan fingerprint density at radius 3 is 2.52 bits per heavy atom. The molecule has 0 fully saturated rings. The van der Waals surface area contributed by atoms with E-state index in [0.717, 1.165) is 0 Å². The summed E-state index contributed by atoms with van der Waals surface area (Å²) >= 11 is 0. The van der Waals surface area contributed by atoms with Gasteiger partial charge >= 0.3 is 5.97 Å². The minimum Gasteiger partial charge on any atom is -0.478 e. The number of carboxylic acids is 1. The normalized spacial score (nSPS) is 14.7. The van der Waals surface area contributed by atoms with Crippen LogP contribution in [0.15, 0.2) is 52.3 Å². The molecule has 110 valence electrons. The van der Waals surface area contributed by atoms with Gasteiger partial charge in [-0.2, -0.15) is 0 Å². The maximum atomic E-state index is 12.6. The molecule has 0 saturated heterocycles. The van der Waals surface area contributed by atoms with E-state index in [1.54, 1.807) is 24.3 Å². The van der Waals surface area contributed by atoms with Gasteiger partial charge in [-0.3, -0.25) is 0 Å². The predicted molar refractivity (Wildman–Crippen MR) is 76.2 cm³/mol. The molecule has 2 aromatic carbocycles. The minimum absolute atomic E-state index is 0. The molecule has 1 aliphatic heterocycles. The zero-order chi connectivity index (χ0) is 14.3. The second-order valence-electron chi connectivity index (χ2n) is 4.48. The standard InChI is InChI=1S/C14H11NO4S.H2O/c16-14(17)9-5-6-13-11(7-9)15-8-10-3-1-2-4-12(10)20(13,18)19;/h1-7,15H,8H2,(H,16,17);1H2. The maximum absolute atomic E-state index is 12.6. The molecule has 0 radical (unpaired) electrons. The van der Waals surface area contributed by atoms with Crippen molar-refractivity contribution >= 4 is 21.5 Å². The molecule has 0 aliphatic carbocycles. The molecule has 2 aromatic rings. The number of carbonyl (C=O) groups is 1. The molecule has 7 heteroatoms. The summed E-state index contributed by atoms with van der Waals surface area (Å²) in [6.07, 6.45) is 0. The Balaban J connectivity index is 0.00000161. The van der Waals surface area contributed by atoms with Crippen LogP contribution >= 0.6 is 0 Å². The molecule has 0 unspecified atom stereocenters. The van der Waals surface area contributed by atoms with Crippen molar-refractivity contribution in [2.45, 2.75) is 16.3 Å². The first-order valence-corrected chi connectivity index (χ1v) is 7.42. The van der Waals surface area contributed by atoms with Gasteiger partial charge in [-0.25, -0.2) is 13.2 Å². The summed E-state index contributed by atoms with van der Waals surface area (Å²) in [5.74, 6) is -1.09. The van der Waals surface area contributed by atoms with Crippen molar-refractivity contribution in [1.29, 1.82) is 0 Å². The SMILES string of the molecule is O.O=C(O)c1ccc2c(c1)NCc1ccccc1S2(=O)=O. The van der Waals surface area contributed by atoms with E-state index in [9.17, 15) is 13.2 Å². The van der Waals surface area contributed by atoms with Gasteiger partial charge in [-0.15, -0.1) is 0 Å². The monoisotopic (exact) mass is 307 g/mol. The van der Waals surface area contributed by atoms with Crippen molar-refractivity contribution < 1.29 is 23.8 Å². The number of benzene rings is 2. The lowest BCUT2D eigenvalue weighted by Gasteiger charge is -2.08. The van der Waals surface area contributed by atoms with E-state index in [2.05, 4.69) is 5.32 Å². The Labute approximate surface area is 121 Å². The Morgan fingerprint density at radius 2 is 1.81 bits per heavy atom.